The van der Waals surface area contributed by atoms with E-state index < -0.39 is 0 Å². The maximum absolute atomic E-state index is 5.35. The fourth-order valence-corrected chi connectivity index (χ4v) is 2.46. The number of fused-ring (bicyclic) bond motifs is 1. The van der Waals surface area contributed by atoms with Gasteiger partial charge in [0.2, 0.25) is 10.6 Å². The number of aromatic amines is 2. The van der Waals surface area contributed by atoms with Gasteiger partial charge in [-0.15, -0.1) is 5.10 Å². The third kappa shape index (κ3) is 2.08. The van der Waals surface area contributed by atoms with Crippen molar-refractivity contribution in [3.63, 3.8) is 0 Å². The van der Waals surface area contributed by atoms with E-state index in [1.54, 1.807) is 18.5 Å². The Balaban J connectivity index is 1.78. The standard InChI is InChI=1S/C15H11N5OS/c22-15-19-18-14(13-6-3-7-21-13)20(15)17-9-10-8-16-12-5-2-1-4-11(10)12/h1-9,16H,(H,19,22)/b17-9+. The van der Waals surface area contributed by atoms with Gasteiger partial charge in [0.15, 0.2) is 5.76 Å². The van der Waals surface area contributed by atoms with Crippen LogP contribution in [0.1, 0.15) is 5.56 Å². The maximum Gasteiger partial charge on any atom is 0.219 e. The second-order valence-corrected chi connectivity index (χ2v) is 5.06. The van der Waals surface area contributed by atoms with Crippen LogP contribution in [0.2, 0.25) is 0 Å². The highest BCUT2D eigenvalue weighted by Gasteiger charge is 2.10. The molecule has 7 heteroatoms. The van der Waals surface area contributed by atoms with Gasteiger partial charge < -0.3 is 9.40 Å². The number of hydrogen-bond acceptors (Lipinski definition) is 4. The molecule has 4 aromatic rings. The van der Waals surface area contributed by atoms with E-state index in [9.17, 15) is 0 Å². The second kappa shape index (κ2) is 5.12. The molecule has 4 rings (SSSR count). The first-order valence-corrected chi connectivity index (χ1v) is 7.05. The number of aromatic nitrogens is 4. The lowest BCUT2D eigenvalue weighted by Gasteiger charge is -1.96. The van der Waals surface area contributed by atoms with Crippen LogP contribution in [0.5, 0.6) is 0 Å². The summed E-state index contributed by atoms with van der Waals surface area (Å²) in [6.07, 6.45) is 5.24. The molecule has 0 bridgehead atoms. The average Bonchev–Trinajstić information content (AvgIpc) is 3.25. The summed E-state index contributed by atoms with van der Waals surface area (Å²) >= 11 is 5.22. The van der Waals surface area contributed by atoms with Crippen LogP contribution >= 0.6 is 12.2 Å². The molecule has 0 spiro atoms. The van der Waals surface area contributed by atoms with Crippen molar-refractivity contribution in [3.05, 3.63) is 59.2 Å². The summed E-state index contributed by atoms with van der Waals surface area (Å²) in [5.74, 6) is 1.13. The molecule has 0 saturated heterocycles. The molecule has 1 aromatic carbocycles. The van der Waals surface area contributed by atoms with Gasteiger partial charge in [-0.1, -0.05) is 18.2 Å². The van der Waals surface area contributed by atoms with Gasteiger partial charge in [0.05, 0.1) is 12.5 Å². The molecule has 0 fully saturated rings. The van der Waals surface area contributed by atoms with Crippen molar-refractivity contribution < 1.29 is 4.42 Å². The zero-order chi connectivity index (χ0) is 14.9. The lowest BCUT2D eigenvalue weighted by Crippen LogP contribution is -1.93. The molecule has 3 aromatic heterocycles. The average molecular weight is 309 g/mol. The highest BCUT2D eigenvalue weighted by atomic mass is 32.1. The first kappa shape index (κ1) is 12.8. The predicted octanol–water partition coefficient (Wildman–Crippen LogP) is 3.56. The van der Waals surface area contributed by atoms with Crippen LogP contribution in [0.3, 0.4) is 0 Å². The Morgan fingerprint density at radius 2 is 2.14 bits per heavy atom. The number of H-pyrrole nitrogens is 2. The van der Waals surface area contributed by atoms with Gasteiger partial charge in [-0.05, 0) is 30.4 Å². The summed E-state index contributed by atoms with van der Waals surface area (Å²) in [6, 6.07) is 11.6. The number of nitrogens with one attached hydrogen (secondary N) is 2. The molecular weight excluding hydrogens is 298 g/mol. The molecule has 108 valence electrons. The predicted molar refractivity (Wildman–Crippen MR) is 86.4 cm³/mol. The number of para-hydroxylation sites is 1. The van der Waals surface area contributed by atoms with E-state index in [-0.39, 0.29) is 0 Å². The van der Waals surface area contributed by atoms with E-state index in [0.717, 1.165) is 16.5 Å². The zero-order valence-corrected chi connectivity index (χ0v) is 12.2. The number of nitrogens with zero attached hydrogens (tertiary/aromatic N) is 3. The summed E-state index contributed by atoms with van der Waals surface area (Å²) in [4.78, 5) is 3.21. The summed E-state index contributed by atoms with van der Waals surface area (Å²) < 4.78 is 7.29. The molecule has 0 unspecified atom stereocenters. The van der Waals surface area contributed by atoms with Crippen molar-refractivity contribution in [2.45, 2.75) is 0 Å². The summed E-state index contributed by atoms with van der Waals surface area (Å²) in [5, 5.41) is 12.4. The highest BCUT2D eigenvalue weighted by molar-refractivity contribution is 7.71. The van der Waals surface area contributed by atoms with Crippen LogP contribution in [0.25, 0.3) is 22.5 Å². The Morgan fingerprint density at radius 3 is 3.00 bits per heavy atom. The minimum atomic E-state index is 0.405. The molecule has 0 saturated carbocycles. The topological polar surface area (TPSA) is 74.9 Å². The lowest BCUT2D eigenvalue weighted by atomic mass is 10.2. The third-order valence-corrected chi connectivity index (χ3v) is 3.59. The minimum absolute atomic E-state index is 0.405. The maximum atomic E-state index is 5.35. The van der Waals surface area contributed by atoms with Crippen LogP contribution in [0.15, 0.2) is 58.4 Å². The highest BCUT2D eigenvalue weighted by Crippen LogP contribution is 2.19. The van der Waals surface area contributed by atoms with Crippen molar-refractivity contribution in [3.8, 4) is 11.6 Å². The number of benzene rings is 1. The van der Waals surface area contributed by atoms with E-state index in [1.165, 1.54) is 4.68 Å². The smallest absolute Gasteiger partial charge is 0.219 e. The fourth-order valence-electron chi connectivity index (χ4n) is 2.28. The van der Waals surface area contributed by atoms with Gasteiger partial charge in [-0.25, -0.2) is 5.10 Å². The lowest BCUT2D eigenvalue weighted by molar-refractivity contribution is 0.573. The van der Waals surface area contributed by atoms with Crippen LogP contribution in [0, 0.1) is 4.77 Å². The Morgan fingerprint density at radius 1 is 1.23 bits per heavy atom. The fraction of sp³-hybridized carbons (Fsp3) is 0. The van der Waals surface area contributed by atoms with Crippen molar-refractivity contribution in [2.24, 2.45) is 5.10 Å². The second-order valence-electron chi connectivity index (χ2n) is 4.68. The Hall–Kier alpha value is -2.93. The quantitative estimate of drug-likeness (QED) is 0.449. The van der Waals surface area contributed by atoms with Gasteiger partial charge in [-0.3, -0.25) is 0 Å². The van der Waals surface area contributed by atoms with Crippen LogP contribution < -0.4 is 0 Å². The van der Waals surface area contributed by atoms with Crippen LogP contribution in [-0.2, 0) is 0 Å². The van der Waals surface area contributed by atoms with Crippen LogP contribution in [-0.4, -0.2) is 26.1 Å². The monoisotopic (exact) mass is 309 g/mol. The molecule has 0 aliphatic rings. The van der Waals surface area contributed by atoms with Gasteiger partial charge in [0.1, 0.15) is 0 Å². The van der Waals surface area contributed by atoms with Crippen molar-refractivity contribution >= 4 is 29.3 Å². The summed E-state index contributed by atoms with van der Waals surface area (Å²) in [7, 11) is 0. The van der Waals surface area contributed by atoms with Gasteiger partial charge in [-0.2, -0.15) is 9.78 Å². The molecular formula is C15H11N5OS. The Labute approximate surface area is 130 Å². The van der Waals surface area contributed by atoms with E-state index in [2.05, 4.69) is 20.3 Å². The van der Waals surface area contributed by atoms with E-state index >= 15 is 0 Å². The van der Waals surface area contributed by atoms with Crippen molar-refractivity contribution in [1.29, 1.82) is 0 Å². The number of hydrogen-bond donors (Lipinski definition) is 2. The Kier molecular flexibility index (Phi) is 2.97. The molecule has 0 aliphatic heterocycles. The molecule has 6 nitrogen and oxygen atoms in total. The van der Waals surface area contributed by atoms with Gasteiger partial charge >= 0.3 is 0 Å². The van der Waals surface area contributed by atoms with E-state index in [4.69, 9.17) is 16.6 Å². The first-order valence-electron chi connectivity index (χ1n) is 6.65. The molecule has 3 heterocycles. The normalized spacial score (nSPS) is 11.6. The number of rotatable bonds is 3. The Bertz CT molecular complexity index is 1010. The van der Waals surface area contributed by atoms with Crippen LogP contribution in [0.4, 0.5) is 0 Å². The summed E-state index contributed by atoms with van der Waals surface area (Å²) in [5.41, 5.74) is 2.04. The molecule has 0 atom stereocenters. The number of furan rings is 1. The molecule has 0 amide bonds. The van der Waals surface area contributed by atoms with Gasteiger partial charge in [0.25, 0.3) is 0 Å². The minimum Gasteiger partial charge on any atom is -0.461 e. The van der Waals surface area contributed by atoms with E-state index in [0.29, 0.717) is 16.4 Å². The first-order chi connectivity index (χ1) is 10.8. The molecule has 0 radical (unpaired) electrons. The van der Waals surface area contributed by atoms with E-state index in [1.807, 2.05) is 36.5 Å². The zero-order valence-electron chi connectivity index (χ0n) is 11.4. The largest absolute Gasteiger partial charge is 0.461 e. The van der Waals surface area contributed by atoms with Gasteiger partial charge in [0, 0.05) is 22.7 Å². The van der Waals surface area contributed by atoms with Crippen molar-refractivity contribution in [1.82, 2.24) is 19.9 Å². The SMILES string of the molecule is S=c1[nH]nc(-c2ccco2)n1/N=C/c1c[nH]c2ccccc12. The molecule has 2 N–H and O–H groups in total. The molecule has 22 heavy (non-hydrogen) atoms. The molecule has 0 aliphatic carbocycles. The third-order valence-electron chi connectivity index (χ3n) is 3.33. The summed E-state index contributed by atoms with van der Waals surface area (Å²) in [6.45, 7) is 0. The van der Waals surface area contributed by atoms with Crippen molar-refractivity contribution in [2.75, 3.05) is 0 Å².